The molecule has 1 aromatic carbocycles. The zero-order valence-corrected chi connectivity index (χ0v) is 12.0. The summed E-state index contributed by atoms with van der Waals surface area (Å²) in [4.78, 5) is 6.98. The van der Waals surface area contributed by atoms with Crippen LogP contribution < -0.4 is 4.90 Å². The second kappa shape index (κ2) is 5.80. The van der Waals surface area contributed by atoms with Gasteiger partial charge in [0, 0.05) is 24.2 Å². The number of piperidine rings is 1. The number of para-hydroxylation sites is 1. The van der Waals surface area contributed by atoms with Crippen molar-refractivity contribution in [2.75, 3.05) is 18.0 Å². The normalized spacial score (nSPS) is 19.5. The van der Waals surface area contributed by atoms with Crippen LogP contribution >= 0.6 is 0 Å². The Morgan fingerprint density at radius 2 is 2.20 bits per heavy atom. The molecule has 3 rings (SSSR count). The molecular weight excluding hydrogens is 248 g/mol. The van der Waals surface area contributed by atoms with E-state index in [0.29, 0.717) is 0 Å². The molecule has 1 aromatic heterocycles. The fourth-order valence-electron chi connectivity index (χ4n) is 3.17. The molecule has 0 amide bonds. The van der Waals surface area contributed by atoms with Crippen LogP contribution in [0, 0.1) is 5.92 Å². The molecule has 2 heterocycles. The van der Waals surface area contributed by atoms with Gasteiger partial charge in [-0.2, -0.15) is 0 Å². The lowest BCUT2D eigenvalue weighted by Crippen LogP contribution is -2.35. The average molecular weight is 270 g/mol. The molecule has 0 radical (unpaired) electrons. The minimum atomic E-state index is 0.00286. The number of hydrogen-bond donors (Lipinski definition) is 1. The Bertz CT molecular complexity index is 597. The minimum Gasteiger partial charge on any atom is -0.390 e. The topological polar surface area (TPSA) is 36.4 Å². The van der Waals surface area contributed by atoms with Gasteiger partial charge in [-0.25, -0.2) is 0 Å². The van der Waals surface area contributed by atoms with E-state index in [1.807, 2.05) is 12.1 Å². The lowest BCUT2D eigenvalue weighted by Gasteiger charge is -2.34. The van der Waals surface area contributed by atoms with Crippen molar-refractivity contribution >= 4 is 16.6 Å². The lowest BCUT2D eigenvalue weighted by atomic mass is 9.95. The van der Waals surface area contributed by atoms with E-state index in [-0.39, 0.29) is 6.61 Å². The van der Waals surface area contributed by atoms with Crippen molar-refractivity contribution in [2.45, 2.75) is 32.8 Å². The molecular formula is C17H22N2O. The molecule has 1 saturated heterocycles. The first-order valence-corrected chi connectivity index (χ1v) is 7.56. The number of hydrogen-bond acceptors (Lipinski definition) is 3. The second-order valence-electron chi connectivity index (χ2n) is 5.67. The maximum Gasteiger partial charge on any atom is 0.0854 e. The first kappa shape index (κ1) is 13.4. The first-order valence-electron chi connectivity index (χ1n) is 7.56. The molecule has 1 atom stereocenters. The smallest absolute Gasteiger partial charge is 0.0854 e. The van der Waals surface area contributed by atoms with Gasteiger partial charge in [0.1, 0.15) is 0 Å². The van der Waals surface area contributed by atoms with E-state index in [2.05, 4.69) is 35.0 Å². The van der Waals surface area contributed by atoms with Gasteiger partial charge >= 0.3 is 0 Å². The number of aliphatic hydroxyl groups excluding tert-OH is 1. The van der Waals surface area contributed by atoms with Crippen molar-refractivity contribution in [3.8, 4) is 0 Å². The lowest BCUT2D eigenvalue weighted by molar-refractivity contribution is 0.277. The Labute approximate surface area is 120 Å². The van der Waals surface area contributed by atoms with Gasteiger partial charge in [0.25, 0.3) is 0 Å². The van der Waals surface area contributed by atoms with Gasteiger partial charge in [0.2, 0.25) is 0 Å². The van der Waals surface area contributed by atoms with E-state index >= 15 is 0 Å². The number of aromatic nitrogens is 1. The predicted molar refractivity (Wildman–Crippen MR) is 82.9 cm³/mol. The summed E-state index contributed by atoms with van der Waals surface area (Å²) in [7, 11) is 0. The molecule has 20 heavy (non-hydrogen) atoms. The Morgan fingerprint density at radius 1 is 1.35 bits per heavy atom. The summed E-state index contributed by atoms with van der Waals surface area (Å²) in [6.45, 7) is 4.51. The van der Waals surface area contributed by atoms with Crippen molar-refractivity contribution in [2.24, 2.45) is 5.92 Å². The third-order valence-electron chi connectivity index (χ3n) is 4.35. The fraction of sp³-hybridized carbons (Fsp3) is 0.471. The number of nitrogens with zero attached hydrogens (tertiary/aromatic N) is 2. The molecule has 0 aliphatic carbocycles. The molecule has 106 valence electrons. The molecule has 1 fully saturated rings. The van der Waals surface area contributed by atoms with E-state index < -0.39 is 0 Å². The molecule has 1 aliphatic rings. The molecule has 1 N–H and O–H groups in total. The van der Waals surface area contributed by atoms with Crippen LogP contribution in [0.25, 0.3) is 10.9 Å². The van der Waals surface area contributed by atoms with Crippen LogP contribution in [0.3, 0.4) is 0 Å². The van der Waals surface area contributed by atoms with Gasteiger partial charge < -0.3 is 10.0 Å². The predicted octanol–water partition coefficient (Wildman–Crippen LogP) is 3.35. The van der Waals surface area contributed by atoms with E-state index in [4.69, 9.17) is 0 Å². The SMILES string of the molecule is CCC1CCCN(c2cc(CO)nc3ccccc23)C1. The Morgan fingerprint density at radius 3 is 3.00 bits per heavy atom. The van der Waals surface area contributed by atoms with Gasteiger partial charge in [-0.15, -0.1) is 0 Å². The molecule has 1 aliphatic heterocycles. The average Bonchev–Trinajstić information content (AvgIpc) is 2.53. The van der Waals surface area contributed by atoms with Crippen LogP contribution in [0.2, 0.25) is 0 Å². The summed E-state index contributed by atoms with van der Waals surface area (Å²) in [6, 6.07) is 10.3. The van der Waals surface area contributed by atoms with Crippen molar-refractivity contribution in [3.63, 3.8) is 0 Å². The highest BCUT2D eigenvalue weighted by molar-refractivity contribution is 5.92. The number of aliphatic hydroxyl groups is 1. The third-order valence-corrected chi connectivity index (χ3v) is 4.35. The Kier molecular flexibility index (Phi) is 3.88. The minimum absolute atomic E-state index is 0.00286. The zero-order valence-electron chi connectivity index (χ0n) is 12.0. The molecule has 0 saturated carbocycles. The highest BCUT2D eigenvalue weighted by atomic mass is 16.3. The third kappa shape index (κ3) is 2.50. The summed E-state index contributed by atoms with van der Waals surface area (Å²) in [5.41, 5.74) is 2.97. The van der Waals surface area contributed by atoms with Crippen LogP contribution in [-0.4, -0.2) is 23.2 Å². The highest BCUT2D eigenvalue weighted by Gasteiger charge is 2.20. The van der Waals surface area contributed by atoms with Crippen LogP contribution in [0.1, 0.15) is 31.9 Å². The zero-order chi connectivity index (χ0) is 13.9. The van der Waals surface area contributed by atoms with Crippen LogP contribution in [0.5, 0.6) is 0 Å². The number of rotatable bonds is 3. The number of anilines is 1. The fourth-order valence-corrected chi connectivity index (χ4v) is 3.17. The van der Waals surface area contributed by atoms with Crippen molar-refractivity contribution in [1.82, 2.24) is 4.98 Å². The van der Waals surface area contributed by atoms with Gasteiger partial charge in [-0.1, -0.05) is 31.5 Å². The number of benzene rings is 1. The summed E-state index contributed by atoms with van der Waals surface area (Å²) < 4.78 is 0. The molecule has 3 heteroatoms. The maximum absolute atomic E-state index is 9.44. The van der Waals surface area contributed by atoms with E-state index in [9.17, 15) is 5.11 Å². The van der Waals surface area contributed by atoms with Crippen LogP contribution in [0.4, 0.5) is 5.69 Å². The summed E-state index contributed by atoms with van der Waals surface area (Å²) in [5.74, 6) is 0.785. The summed E-state index contributed by atoms with van der Waals surface area (Å²) >= 11 is 0. The van der Waals surface area contributed by atoms with Gasteiger partial charge in [-0.3, -0.25) is 4.98 Å². The largest absolute Gasteiger partial charge is 0.390 e. The van der Waals surface area contributed by atoms with Gasteiger partial charge in [0.15, 0.2) is 0 Å². The second-order valence-corrected chi connectivity index (χ2v) is 5.67. The van der Waals surface area contributed by atoms with Crippen LogP contribution in [0.15, 0.2) is 30.3 Å². The van der Waals surface area contributed by atoms with Gasteiger partial charge in [-0.05, 0) is 30.9 Å². The number of pyridine rings is 1. The molecule has 2 aromatic rings. The quantitative estimate of drug-likeness (QED) is 0.929. The van der Waals surface area contributed by atoms with Gasteiger partial charge in [0.05, 0.1) is 17.8 Å². The standard InChI is InChI=1S/C17H22N2O/c1-2-13-6-5-9-19(11-13)17-10-14(12-20)18-16-8-4-3-7-15(16)17/h3-4,7-8,10,13,20H,2,5-6,9,11-12H2,1H3. The summed E-state index contributed by atoms with van der Waals surface area (Å²) in [5, 5.41) is 10.6. The van der Waals surface area contributed by atoms with E-state index in [1.165, 1.54) is 30.3 Å². The number of fused-ring (bicyclic) bond motifs is 1. The monoisotopic (exact) mass is 270 g/mol. The summed E-state index contributed by atoms with van der Waals surface area (Å²) in [6.07, 6.45) is 3.83. The molecule has 1 unspecified atom stereocenters. The van der Waals surface area contributed by atoms with Crippen molar-refractivity contribution in [3.05, 3.63) is 36.0 Å². The van der Waals surface area contributed by atoms with Crippen LogP contribution in [-0.2, 0) is 6.61 Å². The molecule has 0 bridgehead atoms. The first-order chi connectivity index (χ1) is 9.81. The van der Waals surface area contributed by atoms with Crippen molar-refractivity contribution in [1.29, 1.82) is 0 Å². The Hall–Kier alpha value is -1.61. The molecule has 3 nitrogen and oxygen atoms in total. The molecule has 0 spiro atoms. The van der Waals surface area contributed by atoms with E-state index in [0.717, 1.165) is 30.2 Å². The maximum atomic E-state index is 9.44. The van der Waals surface area contributed by atoms with E-state index in [1.54, 1.807) is 0 Å². The highest BCUT2D eigenvalue weighted by Crippen LogP contribution is 2.31. The Balaban J connectivity index is 2.04. The van der Waals surface area contributed by atoms with Crippen molar-refractivity contribution < 1.29 is 5.11 Å².